The van der Waals surface area contributed by atoms with Gasteiger partial charge in [0.05, 0.1) is 0 Å². The van der Waals surface area contributed by atoms with Crippen LogP contribution in [0.2, 0.25) is 0 Å². The molecule has 1 aromatic rings. The van der Waals surface area contributed by atoms with Gasteiger partial charge in [0.25, 0.3) is 0 Å². The quantitative estimate of drug-likeness (QED) is 0.742. The van der Waals surface area contributed by atoms with Crippen molar-refractivity contribution in [3.05, 3.63) is 36.2 Å². The molecule has 6 atom stereocenters. The smallest absolute Gasteiger partial charge is 0.0343 e. The van der Waals surface area contributed by atoms with E-state index in [0.29, 0.717) is 10.8 Å². The van der Waals surface area contributed by atoms with Crippen molar-refractivity contribution < 1.29 is 0 Å². The van der Waals surface area contributed by atoms with Gasteiger partial charge in [-0.1, -0.05) is 26.0 Å². The Bertz CT molecular complexity index is 695. The summed E-state index contributed by atoms with van der Waals surface area (Å²) in [7, 11) is 0. The van der Waals surface area contributed by atoms with E-state index >= 15 is 0 Å². The van der Waals surface area contributed by atoms with E-state index < -0.39 is 0 Å². The lowest BCUT2D eigenvalue weighted by Crippen LogP contribution is -2.52. The van der Waals surface area contributed by atoms with Crippen LogP contribution < -0.4 is 5.32 Å². The van der Waals surface area contributed by atoms with Gasteiger partial charge in [-0.3, -0.25) is 4.98 Å². The molecule has 5 rings (SSSR count). The molecule has 2 heterocycles. The number of hydrogen-bond acceptors (Lipinski definition) is 2. The molecule has 4 aliphatic rings. The summed E-state index contributed by atoms with van der Waals surface area (Å²) in [6.45, 7) is 7.73. The third-order valence-electron chi connectivity index (χ3n) is 9.08. The highest BCUT2D eigenvalue weighted by molar-refractivity contribution is 5.72. The molecular weight excluding hydrogens is 316 g/mol. The molecule has 0 bridgehead atoms. The largest absolute Gasteiger partial charge is 0.316 e. The van der Waals surface area contributed by atoms with Gasteiger partial charge in [-0.25, -0.2) is 0 Å². The molecule has 1 aromatic heterocycles. The van der Waals surface area contributed by atoms with Crippen molar-refractivity contribution >= 4 is 5.57 Å². The van der Waals surface area contributed by atoms with Crippen LogP contribution in [0.15, 0.2) is 30.6 Å². The first-order valence-electron chi connectivity index (χ1n) is 10.9. The Morgan fingerprint density at radius 2 is 2.04 bits per heavy atom. The van der Waals surface area contributed by atoms with Crippen molar-refractivity contribution in [3.8, 4) is 0 Å². The van der Waals surface area contributed by atoms with Gasteiger partial charge < -0.3 is 5.32 Å². The molecule has 1 aliphatic heterocycles. The number of rotatable bonds is 1. The topological polar surface area (TPSA) is 24.9 Å². The molecular formula is C24H34N2. The summed E-state index contributed by atoms with van der Waals surface area (Å²) in [5.74, 6) is 3.63. The Morgan fingerprint density at radius 3 is 2.88 bits per heavy atom. The first-order chi connectivity index (χ1) is 12.6. The molecule has 1 N–H and O–H groups in total. The van der Waals surface area contributed by atoms with Crippen LogP contribution in [0.25, 0.3) is 5.57 Å². The van der Waals surface area contributed by atoms with Crippen molar-refractivity contribution in [2.24, 2.45) is 34.5 Å². The summed E-state index contributed by atoms with van der Waals surface area (Å²) >= 11 is 0. The van der Waals surface area contributed by atoms with Gasteiger partial charge in [-0.15, -0.1) is 0 Å². The molecule has 1 saturated heterocycles. The summed E-state index contributed by atoms with van der Waals surface area (Å²) in [5, 5.41) is 3.73. The SMILES string of the molecule is C[C@]12CCCNCC1CC[C@@H]1[C@@H]2CC[C@]2(C)C(c3cccnc3)=CC[C@@H]12. The molecule has 0 amide bonds. The van der Waals surface area contributed by atoms with Gasteiger partial charge >= 0.3 is 0 Å². The van der Waals surface area contributed by atoms with Gasteiger partial charge in [-0.05, 0) is 110 Å². The molecule has 1 unspecified atom stereocenters. The monoisotopic (exact) mass is 350 g/mol. The van der Waals surface area contributed by atoms with Crippen molar-refractivity contribution in [1.29, 1.82) is 0 Å². The second kappa shape index (κ2) is 6.19. The predicted molar refractivity (Wildman–Crippen MR) is 108 cm³/mol. The molecule has 140 valence electrons. The van der Waals surface area contributed by atoms with Crippen LogP contribution in [0.5, 0.6) is 0 Å². The van der Waals surface area contributed by atoms with E-state index in [1.165, 1.54) is 63.6 Å². The number of fused-ring (bicyclic) bond motifs is 5. The van der Waals surface area contributed by atoms with E-state index in [-0.39, 0.29) is 0 Å². The third kappa shape index (κ3) is 2.37. The number of allylic oxidation sites excluding steroid dienone is 2. The van der Waals surface area contributed by atoms with E-state index in [1.807, 2.05) is 6.20 Å². The normalized spacial score (nSPS) is 45.1. The zero-order valence-corrected chi connectivity index (χ0v) is 16.5. The van der Waals surface area contributed by atoms with E-state index in [1.54, 1.807) is 5.57 Å². The summed E-state index contributed by atoms with van der Waals surface area (Å²) in [5.41, 5.74) is 3.92. The maximum atomic E-state index is 4.41. The number of nitrogens with one attached hydrogen (secondary N) is 1. The lowest BCUT2D eigenvalue weighted by Gasteiger charge is -2.58. The first kappa shape index (κ1) is 17.0. The molecule has 26 heavy (non-hydrogen) atoms. The van der Waals surface area contributed by atoms with E-state index in [2.05, 4.69) is 48.6 Å². The highest BCUT2D eigenvalue weighted by Gasteiger charge is 2.57. The second-order valence-electron chi connectivity index (χ2n) is 10.0. The summed E-state index contributed by atoms with van der Waals surface area (Å²) in [6.07, 6.45) is 16.4. The van der Waals surface area contributed by atoms with Gasteiger partial charge in [0.15, 0.2) is 0 Å². The lowest BCUT2D eigenvalue weighted by atomic mass is 9.46. The number of hydrogen-bond donors (Lipinski definition) is 1. The minimum Gasteiger partial charge on any atom is -0.316 e. The lowest BCUT2D eigenvalue weighted by molar-refractivity contribution is -0.0775. The van der Waals surface area contributed by atoms with Crippen LogP contribution in [0.4, 0.5) is 0 Å². The zero-order valence-electron chi connectivity index (χ0n) is 16.5. The maximum absolute atomic E-state index is 4.41. The minimum absolute atomic E-state index is 0.371. The Labute approximate surface area is 158 Å². The van der Waals surface area contributed by atoms with Crippen LogP contribution in [0.3, 0.4) is 0 Å². The fourth-order valence-electron chi connectivity index (χ4n) is 7.67. The summed E-state index contributed by atoms with van der Waals surface area (Å²) in [4.78, 5) is 4.41. The van der Waals surface area contributed by atoms with Crippen molar-refractivity contribution in [2.45, 2.75) is 58.8 Å². The fourth-order valence-corrected chi connectivity index (χ4v) is 7.67. The maximum Gasteiger partial charge on any atom is 0.0343 e. The number of aromatic nitrogens is 1. The van der Waals surface area contributed by atoms with Gasteiger partial charge in [-0.2, -0.15) is 0 Å². The summed E-state index contributed by atoms with van der Waals surface area (Å²) in [6, 6.07) is 4.37. The van der Waals surface area contributed by atoms with Crippen LogP contribution in [0.1, 0.15) is 64.4 Å². The van der Waals surface area contributed by atoms with E-state index in [9.17, 15) is 0 Å². The Balaban J connectivity index is 1.45. The third-order valence-corrected chi connectivity index (χ3v) is 9.08. The number of nitrogens with zero attached hydrogens (tertiary/aromatic N) is 1. The van der Waals surface area contributed by atoms with E-state index in [4.69, 9.17) is 0 Å². The average molecular weight is 351 g/mol. The van der Waals surface area contributed by atoms with Crippen molar-refractivity contribution in [1.82, 2.24) is 10.3 Å². The zero-order chi connectivity index (χ0) is 17.8. The highest BCUT2D eigenvalue weighted by atomic mass is 14.9. The second-order valence-corrected chi connectivity index (χ2v) is 10.0. The van der Waals surface area contributed by atoms with Crippen LogP contribution in [-0.2, 0) is 0 Å². The number of pyridine rings is 1. The van der Waals surface area contributed by atoms with Crippen molar-refractivity contribution in [2.75, 3.05) is 13.1 Å². The Kier molecular flexibility index (Phi) is 4.04. The van der Waals surface area contributed by atoms with Crippen LogP contribution in [-0.4, -0.2) is 18.1 Å². The molecule has 0 spiro atoms. The van der Waals surface area contributed by atoms with Gasteiger partial charge in [0.2, 0.25) is 0 Å². The Morgan fingerprint density at radius 1 is 1.12 bits per heavy atom. The molecule has 3 fully saturated rings. The molecule has 0 aromatic carbocycles. The van der Waals surface area contributed by atoms with Crippen LogP contribution >= 0.6 is 0 Å². The average Bonchev–Trinajstić information content (AvgIpc) is 2.88. The molecule has 2 nitrogen and oxygen atoms in total. The first-order valence-corrected chi connectivity index (χ1v) is 10.9. The van der Waals surface area contributed by atoms with E-state index in [0.717, 1.165) is 23.7 Å². The minimum atomic E-state index is 0.371. The molecule has 0 radical (unpaired) electrons. The molecule has 2 saturated carbocycles. The molecule has 3 aliphatic carbocycles. The standard InChI is InChI=1S/C24H34N2/c1-23-11-4-14-26-16-18(23)6-7-19-21-9-8-20(17-5-3-13-25-15-17)24(21,2)12-10-22(19)23/h3,5,8,13,15,18-19,21-22,26H,4,6-7,9-12,14,16H2,1-2H3/t18?,19-,21-,22-,23-,24+/m0/s1. The Hall–Kier alpha value is -1.15. The summed E-state index contributed by atoms with van der Waals surface area (Å²) < 4.78 is 0. The predicted octanol–water partition coefficient (Wildman–Crippen LogP) is 5.32. The highest BCUT2D eigenvalue weighted by Crippen LogP contribution is 2.66. The fraction of sp³-hybridized carbons (Fsp3) is 0.708. The van der Waals surface area contributed by atoms with Gasteiger partial charge in [0.1, 0.15) is 0 Å². The van der Waals surface area contributed by atoms with Crippen LogP contribution in [0, 0.1) is 34.5 Å². The van der Waals surface area contributed by atoms with Crippen molar-refractivity contribution in [3.63, 3.8) is 0 Å². The molecule has 2 heteroatoms. The van der Waals surface area contributed by atoms with Gasteiger partial charge in [0, 0.05) is 12.4 Å².